The Morgan fingerprint density at radius 1 is 1.38 bits per heavy atom. The third kappa shape index (κ3) is 6.10. The summed E-state index contributed by atoms with van der Waals surface area (Å²) in [4.78, 5) is 12.2. The molecule has 2 unspecified atom stereocenters. The van der Waals surface area contributed by atoms with Gasteiger partial charge in [0, 0.05) is 12.5 Å². The zero-order chi connectivity index (χ0) is 14.2. The number of carbonyl (C=O) groups is 1. The minimum absolute atomic E-state index is 0. The summed E-state index contributed by atoms with van der Waals surface area (Å²) in [6.07, 6.45) is 4.45. The standard InChI is InChI=1S/C15H28N2O3.ClH/c1-2-20-15(18)14(13-4-3-9-19-11-13)17-10-12-5-7-16-8-6-12;/h12-14,16-17H,2-11H2,1H3;1H. The van der Waals surface area contributed by atoms with Crippen molar-refractivity contribution in [2.45, 2.75) is 38.6 Å². The lowest BCUT2D eigenvalue weighted by atomic mass is 9.92. The number of hydrogen-bond acceptors (Lipinski definition) is 5. The Morgan fingerprint density at radius 2 is 2.14 bits per heavy atom. The van der Waals surface area contributed by atoms with Crippen molar-refractivity contribution in [1.82, 2.24) is 10.6 Å². The molecule has 2 aliphatic rings. The zero-order valence-electron chi connectivity index (χ0n) is 12.9. The maximum absolute atomic E-state index is 12.2. The van der Waals surface area contributed by atoms with Gasteiger partial charge in [0.1, 0.15) is 6.04 Å². The van der Waals surface area contributed by atoms with E-state index in [1.165, 1.54) is 12.8 Å². The van der Waals surface area contributed by atoms with E-state index in [1.807, 2.05) is 6.92 Å². The largest absolute Gasteiger partial charge is 0.465 e. The molecule has 2 atom stereocenters. The van der Waals surface area contributed by atoms with Crippen LogP contribution in [-0.4, -0.2) is 51.5 Å². The van der Waals surface area contributed by atoms with Gasteiger partial charge >= 0.3 is 5.97 Å². The van der Waals surface area contributed by atoms with Gasteiger partial charge in [0.2, 0.25) is 0 Å². The third-order valence-electron chi connectivity index (χ3n) is 4.29. The highest BCUT2D eigenvalue weighted by atomic mass is 35.5. The van der Waals surface area contributed by atoms with Gasteiger partial charge in [0.15, 0.2) is 0 Å². The quantitative estimate of drug-likeness (QED) is 0.724. The SMILES string of the molecule is CCOC(=O)C(NCC1CCNCC1)C1CCCOC1.Cl. The summed E-state index contributed by atoms with van der Waals surface area (Å²) in [6, 6.07) is -0.204. The fraction of sp³-hybridized carbons (Fsp3) is 0.933. The summed E-state index contributed by atoms with van der Waals surface area (Å²) < 4.78 is 10.8. The van der Waals surface area contributed by atoms with Crippen LogP contribution in [-0.2, 0) is 14.3 Å². The second-order valence-electron chi connectivity index (χ2n) is 5.81. The fourth-order valence-electron chi connectivity index (χ4n) is 3.08. The predicted molar refractivity (Wildman–Crippen MR) is 84.8 cm³/mol. The molecule has 0 aromatic heterocycles. The zero-order valence-corrected chi connectivity index (χ0v) is 13.8. The Bertz CT molecular complexity index is 293. The molecule has 0 aromatic carbocycles. The average molecular weight is 321 g/mol. The minimum Gasteiger partial charge on any atom is -0.465 e. The molecule has 0 aromatic rings. The first kappa shape index (κ1) is 18.7. The summed E-state index contributed by atoms with van der Waals surface area (Å²) in [6.45, 7) is 6.87. The maximum Gasteiger partial charge on any atom is 0.323 e. The van der Waals surface area contributed by atoms with Crippen LogP contribution in [0.2, 0.25) is 0 Å². The van der Waals surface area contributed by atoms with Crippen molar-refractivity contribution < 1.29 is 14.3 Å². The van der Waals surface area contributed by atoms with E-state index >= 15 is 0 Å². The van der Waals surface area contributed by atoms with E-state index in [0.717, 1.165) is 39.1 Å². The van der Waals surface area contributed by atoms with Crippen LogP contribution in [0.5, 0.6) is 0 Å². The van der Waals surface area contributed by atoms with E-state index in [1.54, 1.807) is 0 Å². The molecular formula is C15H29ClN2O3. The molecule has 6 heteroatoms. The lowest BCUT2D eigenvalue weighted by Gasteiger charge is -2.31. The van der Waals surface area contributed by atoms with Gasteiger partial charge < -0.3 is 20.1 Å². The molecule has 2 aliphatic heterocycles. The monoisotopic (exact) mass is 320 g/mol. The van der Waals surface area contributed by atoms with Crippen molar-refractivity contribution in [3.05, 3.63) is 0 Å². The van der Waals surface area contributed by atoms with E-state index in [4.69, 9.17) is 9.47 Å². The Morgan fingerprint density at radius 3 is 2.76 bits per heavy atom. The molecule has 0 aliphatic carbocycles. The number of esters is 1. The van der Waals surface area contributed by atoms with E-state index in [0.29, 0.717) is 19.1 Å². The number of ether oxygens (including phenoxy) is 2. The van der Waals surface area contributed by atoms with Crippen molar-refractivity contribution in [3.63, 3.8) is 0 Å². The van der Waals surface area contributed by atoms with Crippen LogP contribution in [0.25, 0.3) is 0 Å². The van der Waals surface area contributed by atoms with Crippen molar-refractivity contribution >= 4 is 18.4 Å². The highest BCUT2D eigenvalue weighted by Gasteiger charge is 2.31. The van der Waals surface area contributed by atoms with Crippen LogP contribution < -0.4 is 10.6 Å². The molecule has 0 bridgehead atoms. The topological polar surface area (TPSA) is 59.6 Å². The number of piperidine rings is 1. The number of halogens is 1. The second kappa shape index (κ2) is 10.4. The van der Waals surface area contributed by atoms with Gasteiger partial charge in [-0.1, -0.05) is 0 Å². The molecular weight excluding hydrogens is 292 g/mol. The van der Waals surface area contributed by atoms with Gasteiger partial charge in [-0.05, 0) is 58.2 Å². The van der Waals surface area contributed by atoms with Crippen molar-refractivity contribution in [2.24, 2.45) is 11.8 Å². The van der Waals surface area contributed by atoms with E-state index in [2.05, 4.69) is 10.6 Å². The molecule has 2 saturated heterocycles. The molecule has 0 saturated carbocycles. The smallest absolute Gasteiger partial charge is 0.323 e. The summed E-state index contributed by atoms with van der Waals surface area (Å²) >= 11 is 0. The number of nitrogens with one attached hydrogen (secondary N) is 2. The summed E-state index contributed by atoms with van der Waals surface area (Å²) in [5.74, 6) is 0.805. The van der Waals surface area contributed by atoms with Crippen molar-refractivity contribution in [2.75, 3.05) is 39.5 Å². The molecule has 2 rings (SSSR count). The summed E-state index contributed by atoms with van der Waals surface area (Å²) in [5.41, 5.74) is 0. The van der Waals surface area contributed by atoms with Crippen LogP contribution in [0.3, 0.4) is 0 Å². The first-order chi connectivity index (χ1) is 9.81. The highest BCUT2D eigenvalue weighted by molar-refractivity contribution is 5.85. The van der Waals surface area contributed by atoms with E-state index in [-0.39, 0.29) is 30.3 Å². The van der Waals surface area contributed by atoms with Crippen molar-refractivity contribution in [1.29, 1.82) is 0 Å². The van der Waals surface area contributed by atoms with E-state index in [9.17, 15) is 4.79 Å². The molecule has 2 fully saturated rings. The maximum atomic E-state index is 12.2. The summed E-state index contributed by atoms with van der Waals surface area (Å²) in [5, 5.41) is 6.83. The fourth-order valence-corrected chi connectivity index (χ4v) is 3.08. The van der Waals surface area contributed by atoms with Gasteiger partial charge in [0.05, 0.1) is 13.2 Å². The van der Waals surface area contributed by atoms with Gasteiger partial charge in [-0.2, -0.15) is 0 Å². The van der Waals surface area contributed by atoms with E-state index < -0.39 is 0 Å². The Kier molecular flexibility index (Phi) is 9.24. The van der Waals surface area contributed by atoms with Crippen molar-refractivity contribution in [3.8, 4) is 0 Å². The Labute approximate surface area is 133 Å². The second-order valence-corrected chi connectivity index (χ2v) is 5.81. The average Bonchev–Trinajstić information content (AvgIpc) is 2.50. The van der Waals surface area contributed by atoms with Crippen LogP contribution >= 0.6 is 12.4 Å². The highest BCUT2D eigenvalue weighted by Crippen LogP contribution is 2.19. The van der Waals surface area contributed by atoms with Crippen LogP contribution in [0.4, 0.5) is 0 Å². The Hall–Kier alpha value is -0.360. The molecule has 2 heterocycles. The van der Waals surface area contributed by atoms with Crippen LogP contribution in [0.15, 0.2) is 0 Å². The van der Waals surface area contributed by atoms with Crippen LogP contribution in [0.1, 0.15) is 32.6 Å². The first-order valence-electron chi connectivity index (χ1n) is 7.99. The molecule has 0 radical (unpaired) electrons. The van der Waals surface area contributed by atoms with Gasteiger partial charge in [-0.15, -0.1) is 12.4 Å². The first-order valence-corrected chi connectivity index (χ1v) is 7.99. The minimum atomic E-state index is -0.204. The van der Waals surface area contributed by atoms with Gasteiger partial charge in [0.25, 0.3) is 0 Å². The van der Waals surface area contributed by atoms with Crippen LogP contribution in [0, 0.1) is 11.8 Å². The molecule has 5 nitrogen and oxygen atoms in total. The predicted octanol–water partition coefficient (Wildman–Crippen LogP) is 1.36. The lowest BCUT2D eigenvalue weighted by Crippen LogP contribution is -2.49. The number of hydrogen-bond donors (Lipinski definition) is 2. The molecule has 0 amide bonds. The summed E-state index contributed by atoms with van der Waals surface area (Å²) in [7, 11) is 0. The molecule has 21 heavy (non-hydrogen) atoms. The third-order valence-corrected chi connectivity index (χ3v) is 4.29. The number of rotatable bonds is 6. The molecule has 124 valence electrons. The van der Waals surface area contributed by atoms with Gasteiger partial charge in [-0.3, -0.25) is 4.79 Å². The normalized spacial score (nSPS) is 24.9. The number of carbonyl (C=O) groups excluding carboxylic acids is 1. The lowest BCUT2D eigenvalue weighted by molar-refractivity contribution is -0.148. The van der Waals surface area contributed by atoms with Gasteiger partial charge in [-0.25, -0.2) is 0 Å². The molecule has 0 spiro atoms. The molecule has 2 N–H and O–H groups in total. The Balaban J connectivity index is 0.00000220.